The summed E-state index contributed by atoms with van der Waals surface area (Å²) < 4.78 is 12.5. The van der Waals surface area contributed by atoms with Crippen molar-refractivity contribution in [3.63, 3.8) is 0 Å². The minimum absolute atomic E-state index is 0.170. The van der Waals surface area contributed by atoms with Gasteiger partial charge in [-0.05, 0) is 48.7 Å². The van der Waals surface area contributed by atoms with E-state index in [9.17, 15) is 14.4 Å². The molecule has 8 nitrogen and oxygen atoms in total. The van der Waals surface area contributed by atoms with Crippen molar-refractivity contribution in [3.8, 4) is 0 Å². The molecule has 1 N–H and O–H groups in total. The van der Waals surface area contributed by atoms with Crippen molar-refractivity contribution in [3.05, 3.63) is 32.9 Å². The van der Waals surface area contributed by atoms with Crippen molar-refractivity contribution >= 4 is 50.1 Å². The second kappa shape index (κ2) is 9.83. The van der Waals surface area contributed by atoms with Crippen LogP contribution in [-0.2, 0) is 14.3 Å². The van der Waals surface area contributed by atoms with Gasteiger partial charge in [-0.2, -0.15) is 5.10 Å². The Kier molecular flexibility index (Phi) is 7.76. The summed E-state index contributed by atoms with van der Waals surface area (Å²) in [4.78, 5) is 37.7. The summed E-state index contributed by atoms with van der Waals surface area (Å²) in [7, 11) is 0. The molecule has 2 aromatic rings. The highest BCUT2D eigenvalue weighted by Crippen LogP contribution is 2.35. The van der Waals surface area contributed by atoms with Crippen molar-refractivity contribution < 1.29 is 23.9 Å². The lowest BCUT2D eigenvalue weighted by atomic mass is 10.1. The lowest BCUT2D eigenvalue weighted by molar-refractivity contribution is -0.119. The number of aromatic nitrogens is 2. The molecule has 1 atom stereocenters. The predicted octanol–water partition coefficient (Wildman–Crippen LogP) is 3.96. The van der Waals surface area contributed by atoms with E-state index in [2.05, 4.69) is 26.3 Å². The smallest absolute Gasteiger partial charge is 0.348 e. The van der Waals surface area contributed by atoms with Gasteiger partial charge >= 0.3 is 11.9 Å². The molecule has 0 saturated carbocycles. The van der Waals surface area contributed by atoms with Crippen LogP contribution in [0, 0.1) is 6.92 Å². The van der Waals surface area contributed by atoms with Crippen molar-refractivity contribution in [2.75, 3.05) is 18.5 Å². The maximum atomic E-state index is 12.7. The zero-order valence-corrected chi connectivity index (χ0v) is 18.5. The fraction of sp³-hybridized carbons (Fsp3) is 0.444. The first-order chi connectivity index (χ1) is 13.3. The summed E-state index contributed by atoms with van der Waals surface area (Å²) in [5.74, 6) is -1.51. The summed E-state index contributed by atoms with van der Waals surface area (Å²) in [6.45, 7) is 7.34. The van der Waals surface area contributed by atoms with Crippen molar-refractivity contribution in [1.82, 2.24) is 9.78 Å². The molecule has 2 heterocycles. The number of hydrogen-bond acceptors (Lipinski definition) is 7. The summed E-state index contributed by atoms with van der Waals surface area (Å²) >= 11 is 4.28. The van der Waals surface area contributed by atoms with E-state index in [0.29, 0.717) is 12.0 Å². The fourth-order valence-corrected chi connectivity index (χ4v) is 3.76. The van der Waals surface area contributed by atoms with E-state index in [-0.39, 0.29) is 34.6 Å². The van der Waals surface area contributed by atoms with E-state index in [4.69, 9.17) is 9.47 Å². The summed E-state index contributed by atoms with van der Waals surface area (Å²) in [6.07, 6.45) is 3.91. The van der Waals surface area contributed by atoms with Crippen LogP contribution in [0.5, 0.6) is 0 Å². The van der Waals surface area contributed by atoms with Crippen LogP contribution in [0.4, 0.5) is 5.00 Å². The second-order valence-electron chi connectivity index (χ2n) is 5.92. The SMILES string of the molecule is CCCOC(=O)c1c(NC(=O)C(C)n2cc(Br)cn2)sc(C(=O)OCC)c1C. The molecule has 28 heavy (non-hydrogen) atoms. The summed E-state index contributed by atoms with van der Waals surface area (Å²) in [6, 6.07) is -0.626. The largest absolute Gasteiger partial charge is 0.462 e. The van der Waals surface area contributed by atoms with Gasteiger partial charge in [0.2, 0.25) is 5.91 Å². The maximum absolute atomic E-state index is 12.7. The first-order valence-corrected chi connectivity index (χ1v) is 10.4. The van der Waals surface area contributed by atoms with Crippen LogP contribution in [-0.4, -0.2) is 40.8 Å². The molecule has 0 saturated heterocycles. The maximum Gasteiger partial charge on any atom is 0.348 e. The van der Waals surface area contributed by atoms with Gasteiger partial charge in [-0.3, -0.25) is 9.48 Å². The third-order valence-electron chi connectivity index (χ3n) is 3.83. The van der Waals surface area contributed by atoms with Gasteiger partial charge in [-0.25, -0.2) is 9.59 Å². The molecular formula is C18H22BrN3O5S. The third-order valence-corrected chi connectivity index (χ3v) is 5.43. The van der Waals surface area contributed by atoms with Crippen LogP contribution >= 0.6 is 27.3 Å². The number of hydrogen-bond donors (Lipinski definition) is 1. The highest BCUT2D eigenvalue weighted by Gasteiger charge is 2.28. The minimum atomic E-state index is -0.626. The number of carbonyl (C=O) groups is 3. The number of nitrogens with zero attached hydrogens (tertiary/aromatic N) is 2. The molecular weight excluding hydrogens is 450 g/mol. The van der Waals surface area contributed by atoms with Gasteiger partial charge in [-0.15, -0.1) is 11.3 Å². The van der Waals surface area contributed by atoms with Crippen molar-refractivity contribution in [2.24, 2.45) is 0 Å². The van der Waals surface area contributed by atoms with Crippen LogP contribution in [0.2, 0.25) is 0 Å². The van der Waals surface area contributed by atoms with Gasteiger partial charge in [0.05, 0.1) is 29.4 Å². The van der Waals surface area contributed by atoms with Crippen LogP contribution in [0.1, 0.15) is 58.8 Å². The average Bonchev–Trinajstić information content (AvgIpc) is 3.22. The minimum Gasteiger partial charge on any atom is -0.462 e. The Bertz CT molecular complexity index is 877. The Morgan fingerprint density at radius 1 is 1.29 bits per heavy atom. The molecule has 0 radical (unpaired) electrons. The van der Waals surface area contributed by atoms with Crippen LogP contribution in [0.3, 0.4) is 0 Å². The Morgan fingerprint density at radius 2 is 2.00 bits per heavy atom. The average molecular weight is 472 g/mol. The van der Waals surface area contributed by atoms with Gasteiger partial charge < -0.3 is 14.8 Å². The fourth-order valence-electron chi connectivity index (χ4n) is 2.37. The number of thiophene rings is 1. The molecule has 0 bridgehead atoms. The molecule has 1 unspecified atom stereocenters. The first-order valence-electron chi connectivity index (χ1n) is 8.78. The molecule has 2 rings (SSSR count). The molecule has 10 heteroatoms. The molecule has 0 spiro atoms. The van der Waals surface area contributed by atoms with Gasteiger partial charge in [0.25, 0.3) is 0 Å². The van der Waals surface area contributed by atoms with Gasteiger partial charge in [-0.1, -0.05) is 6.92 Å². The topological polar surface area (TPSA) is 99.5 Å². The Hall–Kier alpha value is -2.20. The Labute approximate surface area is 175 Å². The Balaban J connectivity index is 2.34. The zero-order valence-electron chi connectivity index (χ0n) is 16.1. The molecule has 0 aromatic carbocycles. The third kappa shape index (κ3) is 4.99. The highest BCUT2D eigenvalue weighted by molar-refractivity contribution is 9.10. The quantitative estimate of drug-likeness (QED) is 0.584. The summed E-state index contributed by atoms with van der Waals surface area (Å²) in [5, 5.41) is 7.08. The summed E-state index contributed by atoms with van der Waals surface area (Å²) in [5.41, 5.74) is 0.595. The van der Waals surface area contributed by atoms with Crippen LogP contribution in [0.15, 0.2) is 16.9 Å². The molecule has 0 aliphatic heterocycles. The van der Waals surface area contributed by atoms with E-state index in [1.54, 1.807) is 33.2 Å². The van der Waals surface area contributed by atoms with Gasteiger partial charge in [0.15, 0.2) is 0 Å². The predicted molar refractivity (Wildman–Crippen MR) is 109 cm³/mol. The molecule has 0 aliphatic carbocycles. The molecule has 152 valence electrons. The van der Waals surface area contributed by atoms with Crippen LogP contribution in [0.25, 0.3) is 0 Å². The standard InChI is InChI=1S/C18H22BrN3O5S/c1-5-7-27-17(24)13-10(3)14(18(25)26-6-2)28-16(13)21-15(23)11(4)22-9-12(19)8-20-22/h8-9,11H,5-7H2,1-4H3,(H,21,23). The lowest BCUT2D eigenvalue weighted by Gasteiger charge is -2.13. The first kappa shape index (κ1) is 22.1. The van der Waals surface area contributed by atoms with Crippen molar-refractivity contribution in [2.45, 2.75) is 40.2 Å². The lowest BCUT2D eigenvalue weighted by Crippen LogP contribution is -2.24. The van der Waals surface area contributed by atoms with Crippen molar-refractivity contribution in [1.29, 1.82) is 0 Å². The molecule has 0 fully saturated rings. The highest BCUT2D eigenvalue weighted by atomic mass is 79.9. The number of esters is 2. The monoisotopic (exact) mass is 471 g/mol. The van der Waals surface area contributed by atoms with E-state index < -0.39 is 18.0 Å². The van der Waals surface area contributed by atoms with E-state index in [1.807, 2.05) is 6.92 Å². The number of carbonyl (C=O) groups excluding carboxylic acids is 3. The normalized spacial score (nSPS) is 11.8. The molecule has 0 aliphatic rings. The van der Waals surface area contributed by atoms with Crippen LogP contribution < -0.4 is 5.32 Å². The van der Waals surface area contributed by atoms with E-state index in [1.165, 1.54) is 4.68 Å². The number of nitrogens with one attached hydrogen (secondary N) is 1. The zero-order chi connectivity index (χ0) is 20.8. The van der Waals surface area contributed by atoms with Gasteiger partial charge in [0.1, 0.15) is 15.9 Å². The number of halogens is 1. The number of rotatable bonds is 8. The molecule has 1 amide bonds. The number of anilines is 1. The van der Waals surface area contributed by atoms with Gasteiger partial charge in [0, 0.05) is 6.20 Å². The Morgan fingerprint density at radius 3 is 2.57 bits per heavy atom. The number of ether oxygens (including phenoxy) is 2. The van der Waals surface area contributed by atoms with E-state index in [0.717, 1.165) is 15.8 Å². The van der Waals surface area contributed by atoms with E-state index >= 15 is 0 Å². The number of amides is 1. The molecule has 2 aromatic heterocycles. The second-order valence-corrected chi connectivity index (χ2v) is 7.86.